The average Bonchev–Trinajstić information content (AvgIpc) is 2.92. The van der Waals surface area contributed by atoms with Crippen LogP contribution in [0.5, 0.6) is 5.75 Å². The Kier molecular flexibility index (Phi) is 4.36. The molecule has 7 heteroatoms. The first-order valence-electron chi connectivity index (χ1n) is 9.69. The van der Waals surface area contributed by atoms with E-state index in [1.165, 1.54) is 0 Å². The van der Waals surface area contributed by atoms with E-state index in [0.29, 0.717) is 15.6 Å². The van der Waals surface area contributed by atoms with Crippen molar-refractivity contribution in [3.63, 3.8) is 0 Å². The molecule has 1 aliphatic rings. The Morgan fingerprint density at radius 1 is 1.10 bits per heavy atom. The zero-order valence-corrected chi connectivity index (χ0v) is 18.6. The summed E-state index contributed by atoms with van der Waals surface area (Å²) >= 11 is 7.04. The summed E-state index contributed by atoms with van der Waals surface area (Å²) in [6.07, 6.45) is 0. The number of pyridine rings is 1. The molecule has 5 nitrogen and oxygen atoms in total. The van der Waals surface area contributed by atoms with Crippen LogP contribution in [-0.4, -0.2) is 9.67 Å². The van der Waals surface area contributed by atoms with Gasteiger partial charge in [-0.15, -0.1) is 0 Å². The predicted molar refractivity (Wildman–Crippen MR) is 122 cm³/mol. The molecule has 0 unspecified atom stereocenters. The summed E-state index contributed by atoms with van der Waals surface area (Å²) in [5.41, 5.74) is 2.07. The van der Waals surface area contributed by atoms with Gasteiger partial charge in [-0.3, -0.25) is 9.36 Å². The van der Waals surface area contributed by atoms with E-state index in [2.05, 4.69) is 6.07 Å². The van der Waals surface area contributed by atoms with Gasteiger partial charge in [-0.05, 0) is 36.8 Å². The topological polar surface area (TPSA) is 72.4 Å². The fourth-order valence-electron chi connectivity index (χ4n) is 4.16. The summed E-state index contributed by atoms with van der Waals surface area (Å²) in [5, 5.41) is 11.5. The molecule has 0 aliphatic carbocycles. The molecular formula is C24H18ClNO4S. The Balaban J connectivity index is 1.80. The van der Waals surface area contributed by atoms with Crippen molar-refractivity contribution in [1.29, 1.82) is 0 Å². The van der Waals surface area contributed by atoms with Gasteiger partial charge in [0.2, 0.25) is 0 Å². The minimum absolute atomic E-state index is 0.0166. The Hall–Kier alpha value is -2.96. The van der Waals surface area contributed by atoms with Gasteiger partial charge in [-0.25, -0.2) is 4.79 Å². The van der Waals surface area contributed by atoms with E-state index < -0.39 is 16.6 Å². The maximum Gasteiger partial charge on any atom is 0.354 e. The number of hydrogen-bond donors (Lipinski definition) is 1. The largest absolute Gasteiger partial charge is 0.505 e. The van der Waals surface area contributed by atoms with Gasteiger partial charge in [0.15, 0.2) is 5.75 Å². The predicted octanol–water partition coefficient (Wildman–Crippen LogP) is 5.40. The highest BCUT2D eigenvalue weighted by Crippen LogP contribution is 2.44. The molecule has 4 aromatic rings. The van der Waals surface area contributed by atoms with Crippen LogP contribution >= 0.6 is 23.4 Å². The van der Waals surface area contributed by atoms with Crippen molar-refractivity contribution in [1.82, 2.24) is 4.57 Å². The van der Waals surface area contributed by atoms with Crippen LogP contribution in [0.15, 0.2) is 72.3 Å². The summed E-state index contributed by atoms with van der Waals surface area (Å²) in [7, 11) is 0. The minimum Gasteiger partial charge on any atom is -0.505 e. The number of aromatic nitrogens is 1. The van der Waals surface area contributed by atoms with Crippen LogP contribution in [0.1, 0.15) is 30.7 Å². The molecule has 0 bridgehead atoms. The van der Waals surface area contributed by atoms with Crippen LogP contribution in [-0.2, 0) is 5.41 Å². The molecule has 1 N–H and O–H groups in total. The molecule has 5 rings (SSSR count). The van der Waals surface area contributed by atoms with Crippen LogP contribution in [0.25, 0.3) is 16.7 Å². The molecule has 2 aromatic heterocycles. The molecule has 0 saturated heterocycles. The molecule has 31 heavy (non-hydrogen) atoms. The number of halogens is 1. The van der Waals surface area contributed by atoms with Crippen LogP contribution in [0, 0.1) is 6.92 Å². The first-order valence-corrected chi connectivity index (χ1v) is 10.9. The van der Waals surface area contributed by atoms with Crippen molar-refractivity contribution >= 4 is 34.3 Å². The molecule has 156 valence electrons. The second-order valence-corrected chi connectivity index (χ2v) is 9.70. The second-order valence-electron chi connectivity index (χ2n) is 8.18. The highest BCUT2D eigenvalue weighted by molar-refractivity contribution is 7.99. The van der Waals surface area contributed by atoms with Crippen molar-refractivity contribution in [3.05, 3.63) is 91.1 Å². The number of rotatable bonds is 2. The molecular weight excluding hydrogens is 434 g/mol. The van der Waals surface area contributed by atoms with Crippen molar-refractivity contribution in [3.8, 4) is 11.4 Å². The number of benzene rings is 2. The number of hydrogen-bond acceptors (Lipinski definition) is 5. The van der Waals surface area contributed by atoms with Crippen LogP contribution in [0.4, 0.5) is 0 Å². The maximum absolute atomic E-state index is 13.6. The molecule has 2 aromatic carbocycles. The molecule has 0 amide bonds. The third-order valence-corrected chi connectivity index (χ3v) is 7.02. The van der Waals surface area contributed by atoms with Gasteiger partial charge in [0.1, 0.15) is 15.9 Å². The summed E-state index contributed by atoms with van der Waals surface area (Å²) in [4.78, 5) is 26.9. The Bertz CT molecular complexity index is 1520. The molecule has 0 spiro atoms. The minimum atomic E-state index is -0.705. The van der Waals surface area contributed by atoms with Gasteiger partial charge in [0.05, 0.1) is 5.69 Å². The molecule has 0 radical (unpaired) electrons. The van der Waals surface area contributed by atoms with Crippen molar-refractivity contribution in [2.45, 2.75) is 36.0 Å². The quantitative estimate of drug-likeness (QED) is 0.441. The van der Waals surface area contributed by atoms with Crippen molar-refractivity contribution in [2.24, 2.45) is 0 Å². The molecule has 3 heterocycles. The van der Waals surface area contributed by atoms with Gasteiger partial charge in [0, 0.05) is 27.1 Å². The maximum atomic E-state index is 13.6. The van der Waals surface area contributed by atoms with Crippen LogP contribution in [0.2, 0.25) is 5.02 Å². The first-order chi connectivity index (χ1) is 14.7. The molecule has 0 fully saturated rings. The number of aryl methyl sites for hydroxylation is 1. The van der Waals surface area contributed by atoms with E-state index in [0.717, 1.165) is 28.6 Å². The van der Waals surface area contributed by atoms with Gasteiger partial charge >= 0.3 is 5.63 Å². The van der Waals surface area contributed by atoms with Crippen LogP contribution < -0.4 is 11.2 Å². The van der Waals surface area contributed by atoms with Gasteiger partial charge in [0.25, 0.3) is 5.56 Å². The fraction of sp³-hybridized carbons (Fsp3) is 0.167. The number of nitrogens with zero attached hydrogens (tertiary/aromatic N) is 1. The van der Waals surface area contributed by atoms with E-state index in [4.69, 9.17) is 16.0 Å². The normalized spacial score (nSPS) is 13.9. The first kappa shape index (κ1) is 20.0. The lowest BCUT2D eigenvalue weighted by Crippen LogP contribution is -2.24. The Morgan fingerprint density at radius 2 is 1.87 bits per heavy atom. The zero-order chi connectivity index (χ0) is 22.1. The highest BCUT2D eigenvalue weighted by atomic mass is 35.5. The monoisotopic (exact) mass is 451 g/mol. The number of fused-ring (bicyclic) bond motifs is 4. The van der Waals surface area contributed by atoms with Gasteiger partial charge in [-0.1, -0.05) is 61.0 Å². The summed E-state index contributed by atoms with van der Waals surface area (Å²) in [6.45, 7) is 6.05. The summed E-state index contributed by atoms with van der Waals surface area (Å²) < 4.78 is 7.12. The summed E-state index contributed by atoms with van der Waals surface area (Å²) in [6, 6.07) is 14.5. The lowest BCUT2D eigenvalue weighted by Gasteiger charge is -2.20. The lowest BCUT2D eigenvalue weighted by molar-refractivity contribution is 0.445. The number of aromatic hydroxyl groups is 1. The third-order valence-electron chi connectivity index (χ3n) is 5.73. The zero-order valence-electron chi connectivity index (χ0n) is 17.0. The van der Waals surface area contributed by atoms with E-state index in [9.17, 15) is 14.7 Å². The average molecular weight is 452 g/mol. The fourth-order valence-corrected chi connectivity index (χ4v) is 5.31. The van der Waals surface area contributed by atoms with Crippen molar-refractivity contribution in [2.75, 3.05) is 0 Å². The Morgan fingerprint density at radius 3 is 2.61 bits per heavy atom. The third kappa shape index (κ3) is 2.93. The smallest absolute Gasteiger partial charge is 0.354 e. The van der Waals surface area contributed by atoms with E-state index in [-0.39, 0.29) is 21.6 Å². The lowest BCUT2D eigenvalue weighted by atomic mass is 9.82. The van der Waals surface area contributed by atoms with E-state index in [1.54, 1.807) is 34.9 Å². The van der Waals surface area contributed by atoms with Gasteiger partial charge in [-0.2, -0.15) is 0 Å². The standard InChI is InChI=1S/C24H18ClNO4S/c1-12-7-8-16-15(9-12)24(2,3)18-11-17-19(22(28)26(16)18)20(27)21(23(29)30-17)31-14-6-4-5-13(25)10-14/h4-11,27H,1-3H3. The van der Waals surface area contributed by atoms with E-state index in [1.807, 2.05) is 32.9 Å². The molecule has 0 saturated carbocycles. The SMILES string of the molecule is Cc1ccc2c(c1)C(C)(C)c1cc3oc(=O)c(Sc4cccc(Cl)c4)c(O)c3c(=O)n1-2. The molecule has 1 aliphatic heterocycles. The molecule has 0 atom stereocenters. The summed E-state index contributed by atoms with van der Waals surface area (Å²) in [5.74, 6) is -0.380. The highest BCUT2D eigenvalue weighted by Gasteiger charge is 2.38. The van der Waals surface area contributed by atoms with Crippen molar-refractivity contribution < 1.29 is 9.52 Å². The second kappa shape index (κ2) is 6.77. The Labute approximate surface area is 186 Å². The van der Waals surface area contributed by atoms with E-state index >= 15 is 0 Å². The van der Waals surface area contributed by atoms with Crippen LogP contribution in [0.3, 0.4) is 0 Å². The van der Waals surface area contributed by atoms with Gasteiger partial charge < -0.3 is 9.52 Å².